The Kier molecular flexibility index (Phi) is 2.73. The maximum absolute atomic E-state index is 12.7. The molecule has 3 aromatic heterocycles. The van der Waals surface area contributed by atoms with Crippen molar-refractivity contribution >= 4 is 16.9 Å². The molecule has 1 fully saturated rings. The van der Waals surface area contributed by atoms with E-state index in [2.05, 4.69) is 15.1 Å². The van der Waals surface area contributed by atoms with Gasteiger partial charge >= 0.3 is 0 Å². The number of H-pyrrole nitrogens is 1. The lowest BCUT2D eigenvalue weighted by atomic mass is 10.2. The number of hydrogen-bond donors (Lipinski definition) is 1. The molecule has 1 N–H and O–H groups in total. The summed E-state index contributed by atoms with van der Waals surface area (Å²) in [7, 11) is 0. The largest absolute Gasteiger partial charge is 0.345 e. The van der Waals surface area contributed by atoms with Crippen molar-refractivity contribution in [1.82, 2.24) is 24.6 Å². The third-order valence-corrected chi connectivity index (χ3v) is 4.03. The highest BCUT2D eigenvalue weighted by atomic mass is 16.2. The van der Waals surface area contributed by atoms with Crippen molar-refractivity contribution in [2.24, 2.45) is 0 Å². The van der Waals surface area contributed by atoms with Crippen LogP contribution in [0.15, 0.2) is 43.0 Å². The zero-order valence-corrected chi connectivity index (χ0v) is 11.4. The van der Waals surface area contributed by atoms with E-state index in [0.717, 1.165) is 24.0 Å². The van der Waals surface area contributed by atoms with E-state index in [1.54, 1.807) is 18.6 Å². The van der Waals surface area contributed by atoms with Crippen LogP contribution in [0.3, 0.4) is 0 Å². The molecule has 21 heavy (non-hydrogen) atoms. The van der Waals surface area contributed by atoms with Crippen LogP contribution in [0.5, 0.6) is 0 Å². The van der Waals surface area contributed by atoms with E-state index in [9.17, 15) is 4.79 Å². The Balaban J connectivity index is 1.58. The first-order chi connectivity index (χ1) is 10.3. The number of hydrogen-bond acceptors (Lipinski definition) is 3. The third-order valence-electron chi connectivity index (χ3n) is 4.03. The van der Waals surface area contributed by atoms with E-state index in [0.29, 0.717) is 12.1 Å². The monoisotopic (exact) mass is 281 g/mol. The second-order valence-corrected chi connectivity index (χ2v) is 5.28. The molecule has 106 valence electrons. The maximum atomic E-state index is 12.7. The van der Waals surface area contributed by atoms with Crippen LogP contribution >= 0.6 is 0 Å². The molecule has 0 aliphatic carbocycles. The lowest BCUT2D eigenvalue weighted by Crippen LogP contribution is -2.29. The fourth-order valence-electron chi connectivity index (χ4n) is 2.94. The van der Waals surface area contributed by atoms with E-state index in [1.807, 2.05) is 34.0 Å². The minimum absolute atomic E-state index is 0.0592. The number of carbonyl (C=O) groups excluding carboxylic acids is 1. The fourth-order valence-corrected chi connectivity index (χ4v) is 2.94. The molecule has 0 spiro atoms. The number of nitrogens with one attached hydrogen (secondary N) is 1. The van der Waals surface area contributed by atoms with Crippen LogP contribution in [0.4, 0.5) is 0 Å². The number of fused-ring (bicyclic) bond motifs is 1. The molecular formula is C15H15N5O. The van der Waals surface area contributed by atoms with E-state index in [4.69, 9.17) is 0 Å². The van der Waals surface area contributed by atoms with Crippen LogP contribution in [0.2, 0.25) is 0 Å². The van der Waals surface area contributed by atoms with Crippen LogP contribution in [0.25, 0.3) is 11.0 Å². The number of likely N-dealkylation sites (tertiary alicyclic amines) is 1. The van der Waals surface area contributed by atoms with Crippen molar-refractivity contribution in [2.45, 2.75) is 12.5 Å². The van der Waals surface area contributed by atoms with Gasteiger partial charge in [0.25, 0.3) is 5.91 Å². The number of nitrogens with zero attached hydrogens (tertiary/aromatic N) is 4. The van der Waals surface area contributed by atoms with Crippen LogP contribution in [-0.4, -0.2) is 43.6 Å². The van der Waals surface area contributed by atoms with Gasteiger partial charge in [0.2, 0.25) is 0 Å². The Morgan fingerprint density at radius 2 is 2.29 bits per heavy atom. The Hall–Kier alpha value is -2.63. The van der Waals surface area contributed by atoms with E-state index >= 15 is 0 Å². The van der Waals surface area contributed by atoms with Crippen LogP contribution in [-0.2, 0) is 0 Å². The molecule has 6 heteroatoms. The minimum Gasteiger partial charge on any atom is -0.345 e. The zero-order valence-electron chi connectivity index (χ0n) is 11.4. The third kappa shape index (κ3) is 1.99. The van der Waals surface area contributed by atoms with Gasteiger partial charge in [0.05, 0.1) is 11.6 Å². The summed E-state index contributed by atoms with van der Waals surface area (Å²) in [5.41, 5.74) is 1.45. The van der Waals surface area contributed by atoms with Crippen molar-refractivity contribution in [3.05, 3.63) is 48.5 Å². The Labute approximate surface area is 121 Å². The highest BCUT2D eigenvalue weighted by molar-refractivity contribution is 6.05. The average molecular weight is 281 g/mol. The summed E-state index contributed by atoms with van der Waals surface area (Å²) in [5.74, 6) is 0.0592. The maximum Gasteiger partial charge on any atom is 0.256 e. The smallest absolute Gasteiger partial charge is 0.256 e. The quantitative estimate of drug-likeness (QED) is 0.779. The minimum atomic E-state index is 0.0592. The molecule has 1 amide bonds. The van der Waals surface area contributed by atoms with Crippen molar-refractivity contribution in [2.75, 3.05) is 13.1 Å². The fraction of sp³-hybridized carbons (Fsp3) is 0.267. The lowest BCUT2D eigenvalue weighted by Gasteiger charge is -2.16. The Bertz CT molecular complexity index is 776. The standard InChI is InChI=1S/C15H15N5O/c21-15(13-9-17-14-12(13)3-1-5-16-14)19-8-4-11(10-19)20-7-2-6-18-20/h1-3,5-7,9,11H,4,8,10H2,(H,16,17). The van der Waals surface area contributed by atoms with Gasteiger partial charge in [0.15, 0.2) is 0 Å². The molecule has 3 aromatic rings. The van der Waals surface area contributed by atoms with E-state index < -0.39 is 0 Å². The Morgan fingerprint density at radius 1 is 1.33 bits per heavy atom. The normalized spacial score (nSPS) is 18.5. The van der Waals surface area contributed by atoms with E-state index in [1.165, 1.54) is 0 Å². The highest BCUT2D eigenvalue weighted by Crippen LogP contribution is 2.24. The van der Waals surface area contributed by atoms with Gasteiger partial charge in [0.1, 0.15) is 5.65 Å². The van der Waals surface area contributed by atoms with Crippen LogP contribution < -0.4 is 0 Å². The van der Waals surface area contributed by atoms with Crippen molar-refractivity contribution < 1.29 is 4.79 Å². The molecule has 0 saturated carbocycles. The first kappa shape index (κ1) is 12.1. The molecule has 1 aliphatic rings. The first-order valence-corrected chi connectivity index (χ1v) is 7.03. The van der Waals surface area contributed by atoms with Crippen LogP contribution in [0.1, 0.15) is 22.8 Å². The van der Waals surface area contributed by atoms with Gasteiger partial charge in [-0.2, -0.15) is 5.10 Å². The van der Waals surface area contributed by atoms with E-state index in [-0.39, 0.29) is 11.9 Å². The Morgan fingerprint density at radius 3 is 3.14 bits per heavy atom. The second-order valence-electron chi connectivity index (χ2n) is 5.28. The van der Waals surface area contributed by atoms with Gasteiger partial charge in [-0.15, -0.1) is 0 Å². The molecule has 0 aromatic carbocycles. The van der Waals surface area contributed by atoms with Gasteiger partial charge in [-0.05, 0) is 24.6 Å². The summed E-state index contributed by atoms with van der Waals surface area (Å²) in [4.78, 5) is 21.9. The predicted octanol–water partition coefficient (Wildman–Crippen LogP) is 1.85. The molecule has 1 atom stereocenters. The number of pyridine rings is 1. The SMILES string of the molecule is O=C(c1c[nH]c2ncccc12)N1CCC(n2cccn2)C1. The van der Waals surface area contributed by atoms with Gasteiger partial charge < -0.3 is 9.88 Å². The molecule has 1 saturated heterocycles. The number of carbonyl (C=O) groups is 1. The van der Waals surface area contributed by atoms with Gasteiger partial charge in [-0.3, -0.25) is 9.48 Å². The molecular weight excluding hydrogens is 266 g/mol. The number of amides is 1. The molecule has 6 nitrogen and oxygen atoms in total. The van der Waals surface area contributed by atoms with Crippen molar-refractivity contribution in [3.8, 4) is 0 Å². The first-order valence-electron chi connectivity index (χ1n) is 7.03. The van der Waals surface area contributed by atoms with Gasteiger partial charge in [-0.1, -0.05) is 0 Å². The summed E-state index contributed by atoms with van der Waals surface area (Å²) < 4.78 is 1.93. The average Bonchev–Trinajstić information content (AvgIpc) is 3.25. The topological polar surface area (TPSA) is 66.8 Å². The lowest BCUT2D eigenvalue weighted by molar-refractivity contribution is 0.0789. The van der Waals surface area contributed by atoms with Gasteiger partial charge in [0, 0.05) is 43.3 Å². The number of rotatable bonds is 2. The van der Waals surface area contributed by atoms with Gasteiger partial charge in [-0.25, -0.2) is 4.98 Å². The summed E-state index contributed by atoms with van der Waals surface area (Å²) in [6.45, 7) is 1.46. The molecule has 4 heterocycles. The molecule has 4 rings (SSSR count). The summed E-state index contributed by atoms with van der Waals surface area (Å²) in [5, 5.41) is 5.15. The molecule has 0 bridgehead atoms. The molecule has 1 unspecified atom stereocenters. The predicted molar refractivity (Wildman–Crippen MR) is 77.9 cm³/mol. The highest BCUT2D eigenvalue weighted by Gasteiger charge is 2.29. The summed E-state index contributed by atoms with van der Waals surface area (Å²) >= 11 is 0. The summed E-state index contributed by atoms with van der Waals surface area (Å²) in [6.07, 6.45) is 8.13. The van der Waals surface area contributed by atoms with Crippen LogP contribution in [0, 0.1) is 0 Å². The zero-order chi connectivity index (χ0) is 14.2. The second kappa shape index (κ2) is 4.73. The molecule has 1 aliphatic heterocycles. The summed E-state index contributed by atoms with van der Waals surface area (Å²) in [6, 6.07) is 5.96. The van der Waals surface area contributed by atoms with Crippen molar-refractivity contribution in [1.29, 1.82) is 0 Å². The number of aromatic nitrogens is 4. The molecule has 0 radical (unpaired) electrons. The van der Waals surface area contributed by atoms with Crippen molar-refractivity contribution in [3.63, 3.8) is 0 Å². The number of aromatic amines is 1.